The molecular weight excluding hydrogens is 294 g/mol. The fourth-order valence-electron chi connectivity index (χ4n) is 2.40. The van der Waals surface area contributed by atoms with E-state index in [2.05, 4.69) is 4.72 Å². The minimum absolute atomic E-state index is 0.123. The van der Waals surface area contributed by atoms with Gasteiger partial charge in [-0.15, -0.1) is 0 Å². The zero-order chi connectivity index (χ0) is 15.5. The van der Waals surface area contributed by atoms with Crippen molar-refractivity contribution < 1.29 is 23.0 Å². The number of hydrogen-bond donors (Lipinski definition) is 2. The summed E-state index contributed by atoms with van der Waals surface area (Å²) in [6, 6.07) is 4.25. The molecule has 0 saturated carbocycles. The molecule has 0 radical (unpaired) electrons. The van der Waals surface area contributed by atoms with Crippen molar-refractivity contribution in [2.45, 2.75) is 30.9 Å². The van der Waals surface area contributed by atoms with E-state index in [1.165, 1.54) is 19.2 Å². The lowest BCUT2D eigenvalue weighted by Gasteiger charge is -2.19. The molecule has 1 aromatic carbocycles. The zero-order valence-electron chi connectivity index (χ0n) is 12.2. The Morgan fingerprint density at radius 3 is 2.86 bits per heavy atom. The highest BCUT2D eigenvalue weighted by atomic mass is 32.2. The summed E-state index contributed by atoms with van der Waals surface area (Å²) in [5.74, 6) is 0.657. The number of hydrogen-bond acceptors (Lipinski definition) is 5. The zero-order valence-corrected chi connectivity index (χ0v) is 13.0. The van der Waals surface area contributed by atoms with Gasteiger partial charge in [0.15, 0.2) is 0 Å². The van der Waals surface area contributed by atoms with Crippen LogP contribution in [-0.4, -0.2) is 39.9 Å². The predicted octanol–water partition coefficient (Wildman–Crippen LogP) is 0.891. The Hall–Kier alpha value is -1.15. The Bertz CT molecular complexity index is 581. The molecule has 1 aromatic rings. The van der Waals surface area contributed by atoms with Gasteiger partial charge in [-0.2, -0.15) is 0 Å². The van der Waals surface area contributed by atoms with Gasteiger partial charge in [0.25, 0.3) is 0 Å². The summed E-state index contributed by atoms with van der Waals surface area (Å²) in [7, 11) is -2.15. The first-order valence-electron chi connectivity index (χ1n) is 6.85. The van der Waals surface area contributed by atoms with Crippen LogP contribution in [0.15, 0.2) is 23.1 Å². The second-order valence-corrected chi connectivity index (χ2v) is 6.88. The van der Waals surface area contributed by atoms with Crippen molar-refractivity contribution in [2.75, 3.05) is 20.3 Å². The van der Waals surface area contributed by atoms with Crippen molar-refractivity contribution in [1.29, 1.82) is 0 Å². The summed E-state index contributed by atoms with van der Waals surface area (Å²) in [5, 5.41) is 9.28. The highest BCUT2D eigenvalue weighted by Crippen LogP contribution is 2.24. The molecule has 2 unspecified atom stereocenters. The molecule has 0 bridgehead atoms. The van der Waals surface area contributed by atoms with Crippen molar-refractivity contribution >= 4 is 10.0 Å². The van der Waals surface area contributed by atoms with E-state index in [1.54, 1.807) is 6.07 Å². The van der Waals surface area contributed by atoms with Crippen molar-refractivity contribution in [3.8, 4) is 5.75 Å². The fourth-order valence-corrected chi connectivity index (χ4v) is 3.76. The standard InChI is InChI=1S/C14H21NO5S/c1-10(11-5-6-20-9-11)15-21(17,18)13-3-4-14(19-2)12(7-13)8-16/h3-4,7,10-11,15-16H,5-6,8-9H2,1-2H3. The van der Waals surface area contributed by atoms with Crippen molar-refractivity contribution in [2.24, 2.45) is 5.92 Å². The quantitative estimate of drug-likeness (QED) is 0.814. The topological polar surface area (TPSA) is 84.9 Å². The first-order valence-corrected chi connectivity index (χ1v) is 8.34. The van der Waals surface area contributed by atoms with Gasteiger partial charge in [0.05, 0.1) is 25.2 Å². The van der Waals surface area contributed by atoms with E-state index in [-0.39, 0.29) is 23.5 Å². The van der Waals surface area contributed by atoms with E-state index in [4.69, 9.17) is 9.47 Å². The number of rotatable bonds is 6. The van der Waals surface area contributed by atoms with E-state index in [0.717, 1.165) is 6.42 Å². The SMILES string of the molecule is COc1ccc(S(=O)(=O)NC(C)C2CCOC2)cc1CO. The highest BCUT2D eigenvalue weighted by molar-refractivity contribution is 7.89. The number of sulfonamides is 1. The van der Waals surface area contributed by atoms with Crippen LogP contribution in [0.5, 0.6) is 5.75 Å². The number of aliphatic hydroxyl groups excluding tert-OH is 1. The first-order chi connectivity index (χ1) is 9.97. The van der Waals surface area contributed by atoms with Crippen LogP contribution >= 0.6 is 0 Å². The van der Waals surface area contributed by atoms with Gasteiger partial charge in [-0.25, -0.2) is 13.1 Å². The van der Waals surface area contributed by atoms with Crippen LogP contribution in [0.25, 0.3) is 0 Å². The molecule has 0 aromatic heterocycles. The number of nitrogens with one attached hydrogen (secondary N) is 1. The Balaban J connectivity index is 2.18. The summed E-state index contributed by atoms with van der Waals surface area (Å²) >= 11 is 0. The second-order valence-electron chi connectivity index (χ2n) is 5.17. The molecule has 21 heavy (non-hydrogen) atoms. The van der Waals surface area contributed by atoms with Gasteiger partial charge in [-0.3, -0.25) is 0 Å². The molecule has 118 valence electrons. The van der Waals surface area contributed by atoms with Crippen molar-refractivity contribution in [3.05, 3.63) is 23.8 Å². The first kappa shape index (κ1) is 16.2. The monoisotopic (exact) mass is 315 g/mol. The number of benzene rings is 1. The van der Waals surface area contributed by atoms with Crippen LogP contribution in [-0.2, 0) is 21.4 Å². The fraction of sp³-hybridized carbons (Fsp3) is 0.571. The van der Waals surface area contributed by atoms with Crippen LogP contribution in [0, 0.1) is 5.92 Å². The van der Waals surface area contributed by atoms with Crippen LogP contribution in [0.3, 0.4) is 0 Å². The lowest BCUT2D eigenvalue weighted by Crippen LogP contribution is -2.38. The molecule has 0 spiro atoms. The Morgan fingerprint density at radius 1 is 1.52 bits per heavy atom. The molecule has 0 aliphatic carbocycles. The number of aliphatic hydroxyl groups is 1. The Kier molecular flexibility index (Phi) is 5.21. The lowest BCUT2D eigenvalue weighted by molar-refractivity contribution is 0.180. The van der Waals surface area contributed by atoms with E-state index < -0.39 is 10.0 Å². The average molecular weight is 315 g/mol. The molecule has 1 aliphatic rings. The maximum absolute atomic E-state index is 12.4. The summed E-state index contributed by atoms with van der Waals surface area (Å²) in [6.45, 7) is 2.81. The van der Waals surface area contributed by atoms with Gasteiger partial charge in [0, 0.05) is 24.1 Å². The normalized spacial score (nSPS) is 20.4. The molecule has 0 amide bonds. The minimum Gasteiger partial charge on any atom is -0.496 e. The third-order valence-electron chi connectivity index (χ3n) is 3.75. The van der Waals surface area contributed by atoms with E-state index in [1.807, 2.05) is 6.92 Å². The van der Waals surface area contributed by atoms with Crippen LogP contribution in [0.2, 0.25) is 0 Å². The molecule has 7 heteroatoms. The Labute approximate surface area is 125 Å². The minimum atomic E-state index is -3.63. The highest BCUT2D eigenvalue weighted by Gasteiger charge is 2.27. The maximum atomic E-state index is 12.4. The lowest BCUT2D eigenvalue weighted by atomic mass is 10.0. The third-order valence-corrected chi connectivity index (χ3v) is 5.30. The molecular formula is C14H21NO5S. The molecule has 2 N–H and O–H groups in total. The van der Waals surface area contributed by atoms with Crippen molar-refractivity contribution in [1.82, 2.24) is 4.72 Å². The summed E-state index contributed by atoms with van der Waals surface area (Å²) < 4.78 is 37.8. The molecule has 1 aliphatic heterocycles. The molecule has 1 saturated heterocycles. The summed E-state index contributed by atoms with van der Waals surface area (Å²) in [4.78, 5) is 0.123. The van der Waals surface area contributed by atoms with Gasteiger partial charge in [0.2, 0.25) is 10.0 Å². The molecule has 1 fully saturated rings. The number of methoxy groups -OCH3 is 1. The molecule has 1 heterocycles. The largest absolute Gasteiger partial charge is 0.496 e. The van der Waals surface area contributed by atoms with Gasteiger partial charge in [-0.05, 0) is 31.5 Å². The van der Waals surface area contributed by atoms with Crippen LogP contribution < -0.4 is 9.46 Å². The predicted molar refractivity (Wildman–Crippen MR) is 77.6 cm³/mol. The smallest absolute Gasteiger partial charge is 0.240 e. The van der Waals surface area contributed by atoms with Crippen LogP contribution in [0.1, 0.15) is 18.9 Å². The Morgan fingerprint density at radius 2 is 2.29 bits per heavy atom. The summed E-state index contributed by atoms with van der Waals surface area (Å²) in [6.07, 6.45) is 0.855. The second kappa shape index (κ2) is 6.74. The molecule has 2 rings (SSSR count). The van der Waals surface area contributed by atoms with E-state index >= 15 is 0 Å². The van der Waals surface area contributed by atoms with E-state index in [0.29, 0.717) is 24.5 Å². The third kappa shape index (κ3) is 3.74. The average Bonchev–Trinajstić information content (AvgIpc) is 3.00. The summed E-state index contributed by atoms with van der Waals surface area (Å²) in [5.41, 5.74) is 0.442. The van der Waals surface area contributed by atoms with E-state index in [9.17, 15) is 13.5 Å². The molecule has 2 atom stereocenters. The molecule has 6 nitrogen and oxygen atoms in total. The van der Waals surface area contributed by atoms with Crippen LogP contribution in [0.4, 0.5) is 0 Å². The van der Waals surface area contributed by atoms with Gasteiger partial charge in [-0.1, -0.05) is 0 Å². The maximum Gasteiger partial charge on any atom is 0.240 e. The van der Waals surface area contributed by atoms with Gasteiger partial charge in [0.1, 0.15) is 5.75 Å². The van der Waals surface area contributed by atoms with Gasteiger partial charge < -0.3 is 14.6 Å². The van der Waals surface area contributed by atoms with Gasteiger partial charge >= 0.3 is 0 Å². The number of ether oxygens (including phenoxy) is 2. The van der Waals surface area contributed by atoms with Crippen molar-refractivity contribution in [3.63, 3.8) is 0 Å².